The highest BCUT2D eigenvalue weighted by Gasteiger charge is 2.32. The van der Waals surface area contributed by atoms with Crippen LogP contribution in [0.4, 0.5) is 0 Å². The fourth-order valence-electron chi connectivity index (χ4n) is 2.10. The molecule has 1 fully saturated rings. The van der Waals surface area contributed by atoms with Crippen molar-refractivity contribution in [3.05, 3.63) is 32.1 Å². The largest absolute Gasteiger partial charge is 0.381 e. The number of alkyl halides is 1. The first-order valence-electron chi connectivity index (χ1n) is 5.69. The van der Waals surface area contributed by atoms with Gasteiger partial charge in [0.15, 0.2) is 0 Å². The quantitative estimate of drug-likeness (QED) is 0.848. The molecule has 1 aromatic rings. The second-order valence-electron chi connectivity index (χ2n) is 4.61. The molecule has 1 aromatic heterocycles. The minimum absolute atomic E-state index is 0.0242. The van der Waals surface area contributed by atoms with Crippen LogP contribution in [0.15, 0.2) is 15.8 Å². The van der Waals surface area contributed by atoms with Crippen molar-refractivity contribution in [3.63, 3.8) is 0 Å². The molecule has 2 heterocycles. The summed E-state index contributed by atoms with van der Waals surface area (Å²) in [6, 6.07) is 0. The lowest BCUT2D eigenvalue weighted by Gasteiger charge is -2.35. The van der Waals surface area contributed by atoms with Gasteiger partial charge in [-0.25, -0.2) is 4.79 Å². The number of hydrogen-bond acceptors (Lipinski definition) is 3. The van der Waals surface area contributed by atoms with Gasteiger partial charge in [-0.1, -0.05) is 27.5 Å². The third-order valence-electron chi connectivity index (χ3n) is 3.31. The van der Waals surface area contributed by atoms with Gasteiger partial charge in [-0.2, -0.15) is 0 Å². The molecule has 0 atom stereocenters. The van der Waals surface area contributed by atoms with Gasteiger partial charge < -0.3 is 4.74 Å². The normalized spacial score (nSPS) is 18.8. The average Bonchev–Trinajstić information content (AvgIpc) is 2.37. The first-order valence-corrected chi connectivity index (χ1v) is 7.19. The topological polar surface area (TPSA) is 64.1 Å². The summed E-state index contributed by atoms with van der Waals surface area (Å²) in [5.74, 6) is 0. The molecule has 18 heavy (non-hydrogen) atoms. The van der Waals surface area contributed by atoms with Crippen LogP contribution >= 0.6 is 27.5 Å². The highest BCUT2D eigenvalue weighted by atomic mass is 79.9. The molecule has 7 heteroatoms. The summed E-state index contributed by atoms with van der Waals surface area (Å²) in [6.45, 7) is 1.91. The molecule has 5 nitrogen and oxygen atoms in total. The maximum Gasteiger partial charge on any atom is 0.328 e. The molecular formula is C11H14BrClN2O3. The van der Waals surface area contributed by atoms with Crippen molar-refractivity contribution < 1.29 is 4.74 Å². The minimum Gasteiger partial charge on any atom is -0.381 e. The Labute approximate surface area is 117 Å². The van der Waals surface area contributed by atoms with E-state index in [1.807, 2.05) is 0 Å². The van der Waals surface area contributed by atoms with Gasteiger partial charge in [0.05, 0.1) is 0 Å². The minimum atomic E-state index is -0.544. The Morgan fingerprint density at radius 2 is 2.11 bits per heavy atom. The van der Waals surface area contributed by atoms with Gasteiger partial charge in [0.25, 0.3) is 5.56 Å². The Hall–Kier alpha value is -0.590. The molecule has 0 saturated carbocycles. The van der Waals surface area contributed by atoms with Crippen molar-refractivity contribution in [2.45, 2.75) is 19.4 Å². The SMILES string of the molecule is O=c1[nH]c(=O)n(CC2(CBr)CCOCC2)cc1Cl. The molecular weight excluding hydrogens is 323 g/mol. The van der Waals surface area contributed by atoms with Crippen LogP contribution in [-0.2, 0) is 11.3 Å². The van der Waals surface area contributed by atoms with Crippen LogP contribution in [0.1, 0.15) is 12.8 Å². The number of rotatable bonds is 3. The summed E-state index contributed by atoms with van der Waals surface area (Å²) in [6.07, 6.45) is 3.16. The summed E-state index contributed by atoms with van der Waals surface area (Å²) in [4.78, 5) is 25.1. The van der Waals surface area contributed by atoms with Crippen molar-refractivity contribution in [2.24, 2.45) is 5.41 Å². The number of H-pyrrole nitrogens is 1. The molecule has 0 aliphatic carbocycles. The molecule has 0 amide bonds. The Morgan fingerprint density at radius 1 is 1.44 bits per heavy atom. The molecule has 1 saturated heterocycles. The van der Waals surface area contributed by atoms with Crippen molar-refractivity contribution in [2.75, 3.05) is 18.5 Å². The maximum absolute atomic E-state index is 11.7. The van der Waals surface area contributed by atoms with Crippen molar-refractivity contribution in [3.8, 4) is 0 Å². The third kappa shape index (κ3) is 2.87. The van der Waals surface area contributed by atoms with Crippen LogP contribution in [0.2, 0.25) is 5.02 Å². The van der Waals surface area contributed by atoms with Crippen LogP contribution in [0.5, 0.6) is 0 Å². The second kappa shape index (κ2) is 5.59. The number of halogens is 2. The number of nitrogens with zero attached hydrogens (tertiary/aromatic N) is 1. The monoisotopic (exact) mass is 336 g/mol. The summed E-state index contributed by atoms with van der Waals surface area (Å²) < 4.78 is 6.81. The third-order valence-corrected chi connectivity index (χ3v) is 4.77. The number of ether oxygens (including phenoxy) is 1. The van der Waals surface area contributed by atoms with E-state index < -0.39 is 11.2 Å². The van der Waals surface area contributed by atoms with Crippen molar-refractivity contribution in [1.82, 2.24) is 9.55 Å². The van der Waals surface area contributed by atoms with E-state index >= 15 is 0 Å². The van der Waals surface area contributed by atoms with E-state index in [4.69, 9.17) is 16.3 Å². The molecule has 0 bridgehead atoms. The van der Waals surface area contributed by atoms with E-state index in [0.717, 1.165) is 18.2 Å². The highest BCUT2D eigenvalue weighted by Crippen LogP contribution is 2.33. The molecule has 1 N–H and O–H groups in total. The number of hydrogen-bond donors (Lipinski definition) is 1. The van der Waals surface area contributed by atoms with Crippen LogP contribution in [0.3, 0.4) is 0 Å². The van der Waals surface area contributed by atoms with Gasteiger partial charge in [0.1, 0.15) is 5.02 Å². The smallest absolute Gasteiger partial charge is 0.328 e. The summed E-state index contributed by atoms with van der Waals surface area (Å²) in [5.41, 5.74) is -0.988. The number of nitrogens with one attached hydrogen (secondary N) is 1. The van der Waals surface area contributed by atoms with E-state index in [-0.39, 0.29) is 10.4 Å². The van der Waals surface area contributed by atoms with E-state index in [9.17, 15) is 9.59 Å². The molecule has 0 aromatic carbocycles. The number of aromatic nitrogens is 2. The zero-order valence-corrected chi connectivity index (χ0v) is 12.1. The lowest BCUT2D eigenvalue weighted by molar-refractivity contribution is 0.0179. The second-order valence-corrected chi connectivity index (χ2v) is 5.58. The van der Waals surface area contributed by atoms with E-state index in [0.29, 0.717) is 19.8 Å². The standard InChI is InChI=1S/C11H14BrClN2O3/c12-6-11(1-3-18-4-2-11)7-15-5-8(13)9(16)14-10(15)17/h5H,1-4,6-7H2,(H,14,16,17). The lowest BCUT2D eigenvalue weighted by Crippen LogP contribution is -2.40. The Bertz CT molecular complexity index is 534. The zero-order valence-electron chi connectivity index (χ0n) is 9.75. The summed E-state index contributed by atoms with van der Waals surface area (Å²) >= 11 is 9.26. The van der Waals surface area contributed by atoms with E-state index in [1.54, 1.807) is 0 Å². The molecule has 0 radical (unpaired) electrons. The van der Waals surface area contributed by atoms with Crippen LogP contribution in [-0.4, -0.2) is 28.1 Å². The molecule has 1 aliphatic rings. The first-order chi connectivity index (χ1) is 8.56. The molecule has 2 rings (SSSR count). The maximum atomic E-state index is 11.7. The predicted molar refractivity (Wildman–Crippen MR) is 72.6 cm³/mol. The highest BCUT2D eigenvalue weighted by molar-refractivity contribution is 9.09. The van der Waals surface area contributed by atoms with Crippen molar-refractivity contribution in [1.29, 1.82) is 0 Å². The molecule has 0 spiro atoms. The fourth-order valence-corrected chi connectivity index (χ4v) is 3.00. The van der Waals surface area contributed by atoms with Crippen LogP contribution in [0.25, 0.3) is 0 Å². The Morgan fingerprint density at radius 3 is 2.72 bits per heavy atom. The van der Waals surface area contributed by atoms with Crippen LogP contribution in [0, 0.1) is 5.41 Å². The van der Waals surface area contributed by atoms with Gasteiger partial charge in [-0.05, 0) is 12.8 Å². The molecule has 1 aliphatic heterocycles. The van der Waals surface area contributed by atoms with Gasteiger partial charge >= 0.3 is 5.69 Å². The van der Waals surface area contributed by atoms with Gasteiger partial charge in [-0.3, -0.25) is 14.3 Å². The first kappa shape index (κ1) is 13.8. The van der Waals surface area contributed by atoms with Gasteiger partial charge in [0.2, 0.25) is 0 Å². The Kier molecular flexibility index (Phi) is 4.29. The Balaban J connectivity index is 2.29. The fraction of sp³-hybridized carbons (Fsp3) is 0.636. The van der Waals surface area contributed by atoms with Crippen molar-refractivity contribution >= 4 is 27.5 Å². The number of aromatic amines is 1. The van der Waals surface area contributed by atoms with E-state index in [2.05, 4.69) is 20.9 Å². The van der Waals surface area contributed by atoms with Crippen LogP contribution < -0.4 is 11.2 Å². The molecule has 100 valence electrons. The predicted octanol–water partition coefficient (Wildman–Crippen LogP) is 1.38. The lowest BCUT2D eigenvalue weighted by atomic mass is 9.82. The van der Waals surface area contributed by atoms with Gasteiger partial charge in [0, 0.05) is 36.7 Å². The average molecular weight is 338 g/mol. The zero-order chi connectivity index (χ0) is 13.2. The summed E-state index contributed by atoms with van der Waals surface area (Å²) in [7, 11) is 0. The molecule has 0 unspecified atom stereocenters. The summed E-state index contributed by atoms with van der Waals surface area (Å²) in [5, 5.41) is 0.818. The van der Waals surface area contributed by atoms with E-state index in [1.165, 1.54) is 10.8 Å². The van der Waals surface area contributed by atoms with Gasteiger partial charge in [-0.15, -0.1) is 0 Å².